The molecule has 3 nitrogen and oxygen atoms in total. The molecule has 3 heteroatoms. The molecule has 128 valence electrons. The predicted molar refractivity (Wildman–Crippen MR) is 89.7 cm³/mol. The van der Waals surface area contributed by atoms with E-state index in [1.807, 2.05) is 19.3 Å². The lowest BCUT2D eigenvalue weighted by Gasteiger charge is -2.60. The maximum Gasteiger partial charge on any atom is 0.0780 e. The standard InChI is InChI=1S/C20H30O3/c1-19-8-6-13(21)10-12(19)11-16(23-3)18-14-4-5-17(22)20(14,2)9-7-15(18)19/h4-6,8,12-18,21-22H,7,9-11H2,1-3H3/t12?,13?,14-,15+,16?,17?,18-,19-,20-/m0/s1. The number of aliphatic hydroxyl groups excluding tert-OH is 2. The second-order valence-corrected chi connectivity index (χ2v) is 8.82. The van der Waals surface area contributed by atoms with Crippen LogP contribution >= 0.6 is 0 Å². The molecule has 2 fully saturated rings. The van der Waals surface area contributed by atoms with Gasteiger partial charge in [-0.3, -0.25) is 0 Å². The lowest BCUT2D eigenvalue weighted by Crippen LogP contribution is -2.58. The molecule has 9 atom stereocenters. The van der Waals surface area contributed by atoms with Crippen molar-refractivity contribution in [2.45, 2.75) is 57.8 Å². The normalized spacial score (nSPS) is 57.7. The Kier molecular flexibility index (Phi) is 3.57. The fourth-order valence-electron chi connectivity index (χ4n) is 6.42. The number of rotatable bonds is 1. The average molecular weight is 318 g/mol. The Balaban J connectivity index is 1.74. The molecule has 23 heavy (non-hydrogen) atoms. The Labute approximate surface area is 139 Å². The van der Waals surface area contributed by atoms with Crippen molar-refractivity contribution >= 4 is 0 Å². The first-order valence-electron chi connectivity index (χ1n) is 9.17. The number of aliphatic hydroxyl groups is 2. The second-order valence-electron chi connectivity index (χ2n) is 8.82. The van der Waals surface area contributed by atoms with E-state index < -0.39 is 0 Å². The lowest BCUT2D eigenvalue weighted by atomic mass is 9.45. The summed E-state index contributed by atoms with van der Waals surface area (Å²) in [5, 5.41) is 20.6. The molecule has 0 aromatic heterocycles. The van der Waals surface area contributed by atoms with Gasteiger partial charge < -0.3 is 14.9 Å². The van der Waals surface area contributed by atoms with Crippen LogP contribution in [0.3, 0.4) is 0 Å². The summed E-state index contributed by atoms with van der Waals surface area (Å²) in [6.45, 7) is 4.64. The van der Waals surface area contributed by atoms with Crippen LogP contribution in [0.25, 0.3) is 0 Å². The van der Waals surface area contributed by atoms with Crippen molar-refractivity contribution in [2.75, 3.05) is 7.11 Å². The summed E-state index contributed by atoms with van der Waals surface area (Å²) in [6.07, 6.45) is 12.3. The highest BCUT2D eigenvalue weighted by atomic mass is 16.5. The summed E-state index contributed by atoms with van der Waals surface area (Å²) < 4.78 is 5.96. The SMILES string of the molecule is COC1CC2CC(O)C=C[C@]2(C)[C@@H]2CC[C@]3(C)C(O)C=C[C@H]3[C@H]12. The van der Waals surface area contributed by atoms with Crippen LogP contribution in [0.15, 0.2) is 24.3 Å². The van der Waals surface area contributed by atoms with Gasteiger partial charge >= 0.3 is 0 Å². The zero-order valence-electron chi connectivity index (χ0n) is 14.5. The van der Waals surface area contributed by atoms with E-state index in [1.54, 1.807) is 0 Å². The van der Waals surface area contributed by atoms with Gasteiger partial charge in [-0.15, -0.1) is 0 Å². The van der Waals surface area contributed by atoms with Crippen molar-refractivity contribution in [3.05, 3.63) is 24.3 Å². The molecule has 0 heterocycles. The molecular weight excluding hydrogens is 288 g/mol. The molecule has 0 spiro atoms. The highest BCUT2D eigenvalue weighted by Crippen LogP contribution is 2.64. The van der Waals surface area contributed by atoms with E-state index in [1.165, 1.54) is 0 Å². The van der Waals surface area contributed by atoms with E-state index in [0.29, 0.717) is 23.7 Å². The maximum atomic E-state index is 10.5. The molecule has 0 bridgehead atoms. The summed E-state index contributed by atoms with van der Waals surface area (Å²) >= 11 is 0. The van der Waals surface area contributed by atoms with Crippen molar-refractivity contribution < 1.29 is 14.9 Å². The first kappa shape index (κ1) is 15.9. The number of methoxy groups -OCH3 is 1. The number of ether oxygens (including phenoxy) is 1. The number of fused-ring (bicyclic) bond motifs is 5. The van der Waals surface area contributed by atoms with Gasteiger partial charge in [-0.2, -0.15) is 0 Å². The molecular formula is C20H30O3. The molecule has 0 radical (unpaired) electrons. The van der Waals surface area contributed by atoms with Gasteiger partial charge in [0.2, 0.25) is 0 Å². The quantitative estimate of drug-likeness (QED) is 0.731. The summed E-state index contributed by atoms with van der Waals surface area (Å²) in [5.41, 5.74) is 0.126. The average Bonchev–Trinajstić information content (AvgIpc) is 2.83. The topological polar surface area (TPSA) is 49.7 Å². The molecule has 0 amide bonds. The van der Waals surface area contributed by atoms with E-state index >= 15 is 0 Å². The minimum atomic E-state index is -0.319. The Morgan fingerprint density at radius 3 is 2.61 bits per heavy atom. The molecule has 4 aliphatic rings. The molecule has 2 N–H and O–H groups in total. The Hall–Kier alpha value is -0.640. The molecule has 4 aliphatic carbocycles. The van der Waals surface area contributed by atoms with Crippen molar-refractivity contribution in [2.24, 2.45) is 34.5 Å². The zero-order chi connectivity index (χ0) is 16.4. The molecule has 4 unspecified atom stereocenters. The summed E-state index contributed by atoms with van der Waals surface area (Å²) in [4.78, 5) is 0. The van der Waals surface area contributed by atoms with Crippen LogP contribution in [-0.4, -0.2) is 35.6 Å². The van der Waals surface area contributed by atoms with Gasteiger partial charge in [-0.05, 0) is 54.8 Å². The molecule has 0 aromatic rings. The maximum absolute atomic E-state index is 10.5. The van der Waals surface area contributed by atoms with Gasteiger partial charge in [0.05, 0.1) is 18.3 Å². The first-order chi connectivity index (χ1) is 10.9. The second kappa shape index (κ2) is 5.18. The highest BCUT2D eigenvalue weighted by Gasteiger charge is 2.61. The van der Waals surface area contributed by atoms with Crippen LogP contribution in [0.5, 0.6) is 0 Å². The third-order valence-corrected chi connectivity index (χ3v) is 7.94. The molecule has 0 aliphatic heterocycles. The minimum absolute atomic E-state index is 0.0287. The van der Waals surface area contributed by atoms with Gasteiger partial charge in [0, 0.05) is 12.5 Å². The summed E-state index contributed by atoms with van der Waals surface area (Å²) in [6, 6.07) is 0. The van der Waals surface area contributed by atoms with Crippen LogP contribution in [0, 0.1) is 34.5 Å². The van der Waals surface area contributed by atoms with E-state index in [9.17, 15) is 10.2 Å². The van der Waals surface area contributed by atoms with E-state index in [4.69, 9.17) is 4.74 Å². The van der Waals surface area contributed by atoms with Crippen molar-refractivity contribution in [1.82, 2.24) is 0 Å². The fourth-order valence-corrected chi connectivity index (χ4v) is 6.42. The molecule has 2 saturated carbocycles. The van der Waals surface area contributed by atoms with Gasteiger partial charge in [0.15, 0.2) is 0 Å². The van der Waals surface area contributed by atoms with Gasteiger partial charge in [-0.25, -0.2) is 0 Å². The number of hydrogen-bond donors (Lipinski definition) is 2. The molecule has 0 aromatic carbocycles. The fraction of sp³-hybridized carbons (Fsp3) is 0.800. The van der Waals surface area contributed by atoms with Crippen molar-refractivity contribution in [3.8, 4) is 0 Å². The summed E-state index contributed by atoms with van der Waals surface area (Å²) in [5.74, 6) is 1.93. The third kappa shape index (κ3) is 2.06. The lowest BCUT2D eigenvalue weighted by molar-refractivity contribution is -0.153. The Morgan fingerprint density at radius 2 is 1.87 bits per heavy atom. The summed E-state index contributed by atoms with van der Waals surface area (Å²) in [7, 11) is 1.83. The van der Waals surface area contributed by atoms with Crippen molar-refractivity contribution in [1.29, 1.82) is 0 Å². The predicted octanol–water partition coefficient (Wildman–Crippen LogP) is 2.93. The molecule has 0 saturated heterocycles. The Morgan fingerprint density at radius 1 is 1.09 bits per heavy atom. The smallest absolute Gasteiger partial charge is 0.0780 e. The van der Waals surface area contributed by atoms with Gasteiger partial charge in [0.1, 0.15) is 0 Å². The first-order valence-corrected chi connectivity index (χ1v) is 9.17. The monoisotopic (exact) mass is 318 g/mol. The largest absolute Gasteiger partial charge is 0.389 e. The number of hydrogen-bond acceptors (Lipinski definition) is 3. The van der Waals surface area contributed by atoms with Crippen LogP contribution in [0.1, 0.15) is 39.5 Å². The van der Waals surface area contributed by atoms with Crippen LogP contribution in [0.2, 0.25) is 0 Å². The van der Waals surface area contributed by atoms with Gasteiger partial charge in [0.25, 0.3) is 0 Å². The van der Waals surface area contributed by atoms with Crippen LogP contribution in [-0.2, 0) is 4.74 Å². The zero-order valence-corrected chi connectivity index (χ0v) is 14.5. The third-order valence-electron chi connectivity index (χ3n) is 7.94. The highest BCUT2D eigenvalue weighted by molar-refractivity contribution is 5.24. The van der Waals surface area contributed by atoms with E-state index in [2.05, 4.69) is 26.0 Å². The van der Waals surface area contributed by atoms with Crippen LogP contribution < -0.4 is 0 Å². The Bertz CT molecular complexity index is 541. The number of allylic oxidation sites excluding steroid dienone is 2. The van der Waals surface area contributed by atoms with Crippen LogP contribution in [0.4, 0.5) is 0 Å². The van der Waals surface area contributed by atoms with Crippen molar-refractivity contribution in [3.63, 3.8) is 0 Å². The van der Waals surface area contributed by atoms with E-state index in [-0.39, 0.29) is 29.1 Å². The molecule has 4 rings (SSSR count). The van der Waals surface area contributed by atoms with E-state index in [0.717, 1.165) is 25.7 Å². The van der Waals surface area contributed by atoms with Gasteiger partial charge in [-0.1, -0.05) is 38.2 Å². The minimum Gasteiger partial charge on any atom is -0.389 e.